The Morgan fingerprint density at radius 2 is 2.00 bits per heavy atom. The van der Waals surface area contributed by atoms with E-state index in [1.807, 2.05) is 31.2 Å². The number of hydrogen-bond acceptors (Lipinski definition) is 1. The Bertz CT molecular complexity index is 162. The van der Waals surface area contributed by atoms with Gasteiger partial charge in [0.15, 0.2) is 0 Å². The van der Waals surface area contributed by atoms with Gasteiger partial charge in [-0.2, -0.15) is 0 Å². The standard InChI is InChI=1S/C8H9O.Li.H/c1-2-9-8-6-4-3-5-7-8;;/h4-7H,2H2,1H3;;. The number of rotatable bonds is 2. The molecule has 2 heteroatoms. The topological polar surface area (TPSA) is 9.23 Å². The molecule has 49 valence electrons. The predicted octanol–water partition coefficient (Wildman–Crippen LogP) is 1.24. The van der Waals surface area contributed by atoms with Crippen LogP contribution in [0.25, 0.3) is 0 Å². The molecule has 0 fully saturated rings. The molecule has 0 saturated carbocycles. The van der Waals surface area contributed by atoms with E-state index in [9.17, 15) is 0 Å². The van der Waals surface area contributed by atoms with E-state index in [1.54, 1.807) is 0 Å². The van der Waals surface area contributed by atoms with E-state index in [4.69, 9.17) is 4.74 Å². The van der Waals surface area contributed by atoms with E-state index < -0.39 is 0 Å². The molecule has 1 rings (SSSR count). The van der Waals surface area contributed by atoms with Crippen molar-refractivity contribution in [3.05, 3.63) is 30.3 Å². The molecule has 0 N–H and O–H groups in total. The summed E-state index contributed by atoms with van der Waals surface area (Å²) in [7, 11) is 0. The van der Waals surface area contributed by atoms with E-state index in [2.05, 4.69) is 6.07 Å². The third-order valence-corrected chi connectivity index (χ3v) is 0.999. The van der Waals surface area contributed by atoms with Crippen molar-refractivity contribution in [3.63, 3.8) is 0 Å². The van der Waals surface area contributed by atoms with Gasteiger partial charge in [-0.05, 0) is 25.1 Å². The van der Waals surface area contributed by atoms with Crippen molar-refractivity contribution in [2.24, 2.45) is 0 Å². The van der Waals surface area contributed by atoms with Crippen molar-refractivity contribution < 1.29 is 4.74 Å². The summed E-state index contributed by atoms with van der Waals surface area (Å²) in [6.45, 7) is 2.70. The molecule has 0 unspecified atom stereocenters. The van der Waals surface area contributed by atoms with Crippen molar-refractivity contribution in [2.45, 2.75) is 6.92 Å². The van der Waals surface area contributed by atoms with Crippen LogP contribution in [-0.2, 0) is 0 Å². The van der Waals surface area contributed by atoms with Crippen molar-refractivity contribution in [1.82, 2.24) is 0 Å². The third kappa shape index (κ3) is 2.96. The zero-order valence-electron chi connectivity index (χ0n) is 5.42. The average Bonchev–Trinajstić information content (AvgIpc) is 1.91. The zero-order chi connectivity index (χ0) is 6.53. The molecule has 0 spiro atoms. The number of benzene rings is 1. The summed E-state index contributed by atoms with van der Waals surface area (Å²) in [5, 5.41) is 0. The molecule has 0 aliphatic rings. The molecule has 1 aromatic carbocycles. The van der Waals surface area contributed by atoms with Gasteiger partial charge >= 0.3 is 18.9 Å². The normalized spacial score (nSPS) is 8.10. The molecule has 1 nitrogen and oxygen atoms in total. The fraction of sp³-hybridized carbons (Fsp3) is 0.250. The van der Waals surface area contributed by atoms with E-state index in [1.165, 1.54) is 0 Å². The minimum atomic E-state index is 0. The number of ether oxygens (including phenoxy) is 1. The number of hydrogen-bond donors (Lipinski definition) is 0. The average molecular weight is 129 g/mol. The van der Waals surface area contributed by atoms with Crippen LogP contribution in [0.4, 0.5) is 0 Å². The van der Waals surface area contributed by atoms with E-state index in [-0.39, 0.29) is 18.9 Å². The van der Waals surface area contributed by atoms with E-state index >= 15 is 0 Å². The van der Waals surface area contributed by atoms with Crippen LogP contribution in [0.3, 0.4) is 0 Å². The summed E-state index contributed by atoms with van der Waals surface area (Å²) in [5.41, 5.74) is 0. The maximum atomic E-state index is 5.19. The summed E-state index contributed by atoms with van der Waals surface area (Å²) < 4.78 is 5.19. The first-order chi connectivity index (χ1) is 4.43. The molecule has 1 radical (unpaired) electrons. The van der Waals surface area contributed by atoms with Crippen LogP contribution >= 0.6 is 0 Å². The fourth-order valence-electron chi connectivity index (χ4n) is 0.634. The van der Waals surface area contributed by atoms with Gasteiger partial charge in [-0.15, -0.1) is 0 Å². The van der Waals surface area contributed by atoms with Crippen molar-refractivity contribution >= 4 is 18.9 Å². The van der Waals surface area contributed by atoms with Gasteiger partial charge in [-0.1, -0.05) is 12.1 Å². The Morgan fingerprint density at radius 1 is 1.40 bits per heavy atom. The first kappa shape index (κ1) is 9.62. The quantitative estimate of drug-likeness (QED) is 0.546. The molecule has 0 aliphatic heterocycles. The Balaban J connectivity index is 0.000000810. The summed E-state index contributed by atoms with van der Waals surface area (Å²) >= 11 is 0. The molecule has 10 heavy (non-hydrogen) atoms. The van der Waals surface area contributed by atoms with Crippen LogP contribution < -0.4 is 4.74 Å². The summed E-state index contributed by atoms with van der Waals surface area (Å²) in [6, 6.07) is 10.4. The van der Waals surface area contributed by atoms with Gasteiger partial charge in [0, 0.05) is 0 Å². The van der Waals surface area contributed by atoms with Gasteiger partial charge in [-0.25, -0.2) is 0 Å². The second-order valence-corrected chi connectivity index (χ2v) is 1.67. The second-order valence-electron chi connectivity index (χ2n) is 1.67. The molecule has 0 saturated heterocycles. The van der Waals surface area contributed by atoms with Gasteiger partial charge in [0.2, 0.25) is 0 Å². The van der Waals surface area contributed by atoms with Crippen molar-refractivity contribution in [3.8, 4) is 5.75 Å². The van der Waals surface area contributed by atoms with Crippen LogP contribution in [0, 0.1) is 6.07 Å². The Kier molecular flexibility index (Phi) is 5.20. The van der Waals surface area contributed by atoms with Gasteiger partial charge in [0.1, 0.15) is 5.75 Å². The third-order valence-electron chi connectivity index (χ3n) is 0.999. The van der Waals surface area contributed by atoms with Gasteiger partial charge in [-0.3, -0.25) is 0 Å². The Hall–Kier alpha value is -0.383. The maximum absolute atomic E-state index is 5.19. The fourth-order valence-corrected chi connectivity index (χ4v) is 0.634. The molecule has 0 amide bonds. The van der Waals surface area contributed by atoms with Crippen LogP contribution in [0.5, 0.6) is 5.75 Å². The molecular weight excluding hydrogens is 119 g/mol. The zero-order valence-corrected chi connectivity index (χ0v) is 5.42. The SMILES string of the molecule is CCOc1cc[c]cc1.[LiH]. The Labute approximate surface area is 73.6 Å². The Morgan fingerprint density at radius 3 is 2.50 bits per heavy atom. The summed E-state index contributed by atoms with van der Waals surface area (Å²) in [4.78, 5) is 0. The minimum absolute atomic E-state index is 0. The molecule has 0 atom stereocenters. The molecule has 0 heterocycles. The first-order valence-corrected chi connectivity index (χ1v) is 3.02. The first-order valence-electron chi connectivity index (χ1n) is 3.02. The van der Waals surface area contributed by atoms with Crippen molar-refractivity contribution in [2.75, 3.05) is 6.61 Å². The van der Waals surface area contributed by atoms with Crippen molar-refractivity contribution in [1.29, 1.82) is 0 Å². The predicted molar refractivity (Wildman–Crippen MR) is 43.6 cm³/mol. The molecule has 0 bridgehead atoms. The van der Waals surface area contributed by atoms with Gasteiger partial charge < -0.3 is 4.74 Å². The second kappa shape index (κ2) is 5.41. The summed E-state index contributed by atoms with van der Waals surface area (Å²) in [5.74, 6) is 0.913. The monoisotopic (exact) mass is 129 g/mol. The molecular formula is C8H10LiO. The molecule has 0 aromatic heterocycles. The summed E-state index contributed by atoms with van der Waals surface area (Å²) in [6.07, 6.45) is 0. The molecule has 1 aromatic rings. The van der Waals surface area contributed by atoms with Gasteiger partial charge in [0.25, 0.3) is 0 Å². The molecule has 0 aliphatic carbocycles. The van der Waals surface area contributed by atoms with Crippen LogP contribution in [0.1, 0.15) is 6.92 Å². The van der Waals surface area contributed by atoms with E-state index in [0.29, 0.717) is 0 Å². The van der Waals surface area contributed by atoms with Crippen LogP contribution in [0.2, 0.25) is 0 Å². The van der Waals surface area contributed by atoms with Gasteiger partial charge in [0.05, 0.1) is 6.61 Å². The van der Waals surface area contributed by atoms with Crippen LogP contribution in [-0.4, -0.2) is 25.5 Å². The van der Waals surface area contributed by atoms with Crippen LogP contribution in [0.15, 0.2) is 24.3 Å². The van der Waals surface area contributed by atoms with E-state index in [0.717, 1.165) is 12.4 Å².